The summed E-state index contributed by atoms with van der Waals surface area (Å²) in [5.41, 5.74) is 2.30. The Labute approximate surface area is 159 Å². The van der Waals surface area contributed by atoms with Gasteiger partial charge in [0.1, 0.15) is 6.33 Å². The van der Waals surface area contributed by atoms with Gasteiger partial charge in [0, 0.05) is 24.2 Å². The van der Waals surface area contributed by atoms with E-state index < -0.39 is 0 Å². The van der Waals surface area contributed by atoms with Gasteiger partial charge in [-0.25, -0.2) is 4.68 Å². The van der Waals surface area contributed by atoms with Gasteiger partial charge in [-0.1, -0.05) is 17.7 Å². The maximum Gasteiger partial charge on any atom is 0.255 e. The molecule has 2 heterocycles. The van der Waals surface area contributed by atoms with Crippen LogP contribution in [0, 0.1) is 0 Å². The molecule has 2 aromatic carbocycles. The Morgan fingerprint density at radius 3 is 2.81 bits per heavy atom. The van der Waals surface area contributed by atoms with Crippen LogP contribution in [0.4, 0.5) is 11.4 Å². The average molecular weight is 383 g/mol. The quantitative estimate of drug-likeness (QED) is 0.748. The average Bonchev–Trinajstić information content (AvgIpc) is 3.34. The molecule has 136 valence electrons. The maximum atomic E-state index is 12.7. The minimum Gasteiger partial charge on any atom is -0.322 e. The molecule has 3 aromatic rings. The second kappa shape index (κ2) is 7.16. The zero-order valence-corrected chi connectivity index (χ0v) is 14.9. The lowest BCUT2D eigenvalue weighted by molar-refractivity contribution is -0.117. The Morgan fingerprint density at radius 1 is 1.19 bits per heavy atom. The Balaban J connectivity index is 1.57. The number of anilines is 2. The number of hydrogen-bond acceptors (Lipinski definition) is 5. The van der Waals surface area contributed by atoms with Crippen molar-refractivity contribution in [1.82, 2.24) is 20.2 Å². The third kappa shape index (κ3) is 3.52. The van der Waals surface area contributed by atoms with Crippen LogP contribution in [0.15, 0.2) is 48.8 Å². The van der Waals surface area contributed by atoms with Gasteiger partial charge in [-0.05, 0) is 53.2 Å². The van der Waals surface area contributed by atoms with Gasteiger partial charge in [-0.3, -0.25) is 9.59 Å². The number of carbonyl (C=O) groups excluding carboxylic acids is 2. The second-order valence-electron chi connectivity index (χ2n) is 6.07. The zero-order chi connectivity index (χ0) is 18.8. The number of hydrogen-bond donors (Lipinski definition) is 1. The molecule has 4 rings (SSSR count). The summed E-state index contributed by atoms with van der Waals surface area (Å²) < 4.78 is 1.50. The van der Waals surface area contributed by atoms with Crippen LogP contribution in [-0.2, 0) is 4.79 Å². The van der Waals surface area contributed by atoms with Crippen LogP contribution in [0.1, 0.15) is 23.2 Å². The fourth-order valence-electron chi connectivity index (χ4n) is 2.97. The highest BCUT2D eigenvalue weighted by molar-refractivity contribution is 6.34. The van der Waals surface area contributed by atoms with E-state index in [2.05, 4.69) is 20.8 Å². The number of halogens is 1. The topological polar surface area (TPSA) is 93.0 Å². The first-order valence-corrected chi connectivity index (χ1v) is 8.74. The molecule has 1 aromatic heterocycles. The van der Waals surface area contributed by atoms with E-state index in [0.717, 1.165) is 12.1 Å². The summed E-state index contributed by atoms with van der Waals surface area (Å²) in [7, 11) is 0. The Kier molecular flexibility index (Phi) is 4.55. The first-order chi connectivity index (χ1) is 13.1. The molecule has 9 heteroatoms. The smallest absolute Gasteiger partial charge is 0.255 e. The highest BCUT2D eigenvalue weighted by Gasteiger charge is 2.24. The van der Waals surface area contributed by atoms with Crippen molar-refractivity contribution >= 4 is 34.8 Å². The number of carbonyl (C=O) groups is 2. The van der Waals surface area contributed by atoms with Crippen LogP contribution >= 0.6 is 11.6 Å². The van der Waals surface area contributed by atoms with Gasteiger partial charge in [-0.15, -0.1) is 5.10 Å². The molecule has 0 spiro atoms. The number of aromatic nitrogens is 4. The highest BCUT2D eigenvalue weighted by Crippen LogP contribution is 2.30. The Hall–Kier alpha value is -3.26. The highest BCUT2D eigenvalue weighted by atomic mass is 35.5. The summed E-state index contributed by atoms with van der Waals surface area (Å²) >= 11 is 6.24. The number of nitrogens with zero attached hydrogens (tertiary/aromatic N) is 5. The lowest BCUT2D eigenvalue weighted by Crippen LogP contribution is -2.24. The van der Waals surface area contributed by atoms with Gasteiger partial charge in [0.2, 0.25) is 5.91 Å². The summed E-state index contributed by atoms with van der Waals surface area (Å²) in [6.07, 6.45) is 2.76. The Morgan fingerprint density at radius 2 is 2.07 bits per heavy atom. The van der Waals surface area contributed by atoms with Crippen molar-refractivity contribution in [2.24, 2.45) is 0 Å². The van der Waals surface area contributed by atoms with Crippen molar-refractivity contribution in [2.75, 3.05) is 16.8 Å². The van der Waals surface area contributed by atoms with Gasteiger partial charge < -0.3 is 10.2 Å². The van der Waals surface area contributed by atoms with Crippen molar-refractivity contribution in [3.63, 3.8) is 0 Å². The molecule has 1 aliphatic rings. The molecule has 0 unspecified atom stereocenters. The van der Waals surface area contributed by atoms with Gasteiger partial charge >= 0.3 is 0 Å². The predicted molar refractivity (Wildman–Crippen MR) is 100 cm³/mol. The van der Waals surface area contributed by atoms with Crippen molar-refractivity contribution in [3.05, 3.63) is 59.4 Å². The van der Waals surface area contributed by atoms with Gasteiger partial charge in [0.25, 0.3) is 5.91 Å². The van der Waals surface area contributed by atoms with E-state index in [1.165, 1.54) is 11.0 Å². The minimum atomic E-state index is -0.298. The number of tetrazole rings is 1. The number of rotatable bonds is 4. The molecular formula is C18H15ClN6O2. The number of benzene rings is 2. The second-order valence-corrected chi connectivity index (χ2v) is 6.48. The van der Waals surface area contributed by atoms with E-state index in [1.807, 2.05) is 6.07 Å². The molecule has 0 atom stereocenters. The van der Waals surface area contributed by atoms with E-state index >= 15 is 0 Å². The van der Waals surface area contributed by atoms with Crippen molar-refractivity contribution in [2.45, 2.75) is 12.8 Å². The van der Waals surface area contributed by atoms with Crippen molar-refractivity contribution < 1.29 is 9.59 Å². The van der Waals surface area contributed by atoms with Crippen LogP contribution in [-0.4, -0.2) is 38.6 Å². The van der Waals surface area contributed by atoms with E-state index in [0.29, 0.717) is 34.9 Å². The van der Waals surface area contributed by atoms with Crippen LogP contribution < -0.4 is 10.2 Å². The molecule has 1 aliphatic heterocycles. The molecule has 1 N–H and O–H groups in total. The first kappa shape index (κ1) is 17.2. The van der Waals surface area contributed by atoms with Crippen molar-refractivity contribution in [3.8, 4) is 5.69 Å². The molecule has 1 saturated heterocycles. The van der Waals surface area contributed by atoms with Gasteiger partial charge in [0.05, 0.1) is 16.4 Å². The normalized spacial score (nSPS) is 13.8. The van der Waals surface area contributed by atoms with Crippen molar-refractivity contribution in [1.29, 1.82) is 0 Å². The van der Waals surface area contributed by atoms with E-state index in [4.69, 9.17) is 11.6 Å². The molecule has 0 bridgehead atoms. The summed E-state index contributed by atoms with van der Waals surface area (Å²) in [6, 6.07) is 12.1. The van der Waals surface area contributed by atoms with Crippen LogP contribution in [0.3, 0.4) is 0 Å². The molecule has 0 saturated carbocycles. The van der Waals surface area contributed by atoms with Crippen LogP contribution in [0.25, 0.3) is 5.69 Å². The standard InChI is InChI=1S/C18H15ClN6O2/c19-15-7-6-12(9-16(15)24-8-2-5-17(24)26)18(27)21-13-3-1-4-14(10-13)25-11-20-22-23-25/h1,3-4,6-7,9-11H,2,5,8H2,(H,21,27). The lowest BCUT2D eigenvalue weighted by Gasteiger charge is -2.18. The lowest BCUT2D eigenvalue weighted by atomic mass is 10.1. The Bertz CT molecular complexity index is 1000. The van der Waals surface area contributed by atoms with Gasteiger partial charge in [0.15, 0.2) is 0 Å². The third-order valence-electron chi connectivity index (χ3n) is 4.29. The van der Waals surface area contributed by atoms with E-state index in [-0.39, 0.29) is 11.8 Å². The van der Waals surface area contributed by atoms with E-state index in [1.54, 1.807) is 41.3 Å². The summed E-state index contributed by atoms with van der Waals surface area (Å²) in [4.78, 5) is 26.3. The van der Waals surface area contributed by atoms with Crippen LogP contribution in [0.2, 0.25) is 5.02 Å². The number of nitrogens with one attached hydrogen (secondary N) is 1. The summed E-state index contributed by atoms with van der Waals surface area (Å²) in [5, 5.41) is 14.3. The zero-order valence-electron chi connectivity index (χ0n) is 14.2. The van der Waals surface area contributed by atoms with Gasteiger partial charge in [-0.2, -0.15) is 0 Å². The molecule has 0 radical (unpaired) electrons. The monoisotopic (exact) mass is 382 g/mol. The predicted octanol–water partition coefficient (Wildman–Crippen LogP) is 2.69. The number of amides is 2. The first-order valence-electron chi connectivity index (χ1n) is 8.36. The molecule has 2 amide bonds. The minimum absolute atomic E-state index is 0.0172. The molecule has 8 nitrogen and oxygen atoms in total. The third-order valence-corrected chi connectivity index (χ3v) is 4.61. The molecular weight excluding hydrogens is 368 g/mol. The fourth-order valence-corrected chi connectivity index (χ4v) is 3.19. The molecule has 27 heavy (non-hydrogen) atoms. The molecule has 0 aliphatic carbocycles. The maximum absolute atomic E-state index is 12.7. The SMILES string of the molecule is O=C(Nc1cccc(-n2cnnn2)c1)c1ccc(Cl)c(N2CCCC2=O)c1. The fraction of sp³-hybridized carbons (Fsp3) is 0.167. The van der Waals surface area contributed by atoms with Crippen LogP contribution in [0.5, 0.6) is 0 Å². The largest absolute Gasteiger partial charge is 0.322 e. The molecule has 1 fully saturated rings. The summed E-state index contributed by atoms with van der Waals surface area (Å²) in [6.45, 7) is 0.609. The van der Waals surface area contributed by atoms with E-state index in [9.17, 15) is 9.59 Å². The summed E-state index contributed by atoms with van der Waals surface area (Å²) in [5.74, 6) is -0.281.